The van der Waals surface area contributed by atoms with Crippen molar-refractivity contribution in [2.24, 2.45) is 0 Å². The van der Waals surface area contributed by atoms with Crippen molar-refractivity contribution in [2.45, 2.75) is 19.3 Å². The van der Waals surface area contributed by atoms with Crippen LogP contribution in [-0.4, -0.2) is 4.98 Å². The van der Waals surface area contributed by atoms with Crippen LogP contribution < -0.4 is 5.32 Å². The van der Waals surface area contributed by atoms with E-state index >= 15 is 0 Å². The Morgan fingerprint density at radius 2 is 1.93 bits per heavy atom. The van der Waals surface area contributed by atoms with E-state index in [1.54, 1.807) is 0 Å². The molecule has 78 valence electrons. The molecule has 1 aromatic rings. The fourth-order valence-corrected chi connectivity index (χ4v) is 1.32. The topological polar surface area (TPSA) is 24.9 Å². The lowest BCUT2D eigenvalue weighted by Gasteiger charge is -2.06. The highest BCUT2D eigenvalue weighted by molar-refractivity contribution is 5.85. The van der Waals surface area contributed by atoms with Crippen molar-refractivity contribution in [1.82, 2.24) is 10.3 Å². The normalized spacial score (nSPS) is 14.8. The van der Waals surface area contributed by atoms with Crippen LogP contribution in [-0.2, 0) is 19.3 Å². The number of hydrogen-bond donors (Lipinski definition) is 1. The Morgan fingerprint density at radius 1 is 1.21 bits per heavy atom. The summed E-state index contributed by atoms with van der Waals surface area (Å²) in [6.45, 7) is 1.04. The molecule has 0 spiro atoms. The molecular formula is C8H8ClF3N2. The highest BCUT2D eigenvalue weighted by atomic mass is 35.5. The molecule has 0 amide bonds. The van der Waals surface area contributed by atoms with Gasteiger partial charge in [0, 0.05) is 13.1 Å². The Bertz CT molecular complexity index is 338. The van der Waals surface area contributed by atoms with Crippen LogP contribution in [0.25, 0.3) is 0 Å². The largest absolute Gasteiger partial charge is 0.433 e. The minimum absolute atomic E-state index is 0. The molecule has 6 heteroatoms. The number of nitrogens with zero attached hydrogens (tertiary/aromatic N) is 1. The number of aromatic nitrogens is 1. The molecule has 0 atom stereocenters. The zero-order valence-electron chi connectivity index (χ0n) is 7.06. The number of halogens is 4. The standard InChI is InChI=1S/C8H7F3N2.ClH/c9-8(10,11)7-2-1-5-3-12-4-6(5)13-7;/h1-2,12H,3-4H2;1H. The van der Waals surface area contributed by atoms with Crippen LogP contribution in [0.2, 0.25) is 0 Å². The maximum absolute atomic E-state index is 12.2. The van der Waals surface area contributed by atoms with Crippen molar-refractivity contribution in [1.29, 1.82) is 0 Å². The monoisotopic (exact) mass is 224 g/mol. The average Bonchev–Trinajstić information content (AvgIpc) is 2.47. The molecule has 0 saturated carbocycles. The van der Waals surface area contributed by atoms with Crippen LogP contribution >= 0.6 is 12.4 Å². The van der Waals surface area contributed by atoms with E-state index in [0.717, 1.165) is 11.6 Å². The van der Waals surface area contributed by atoms with Crippen LogP contribution in [0.5, 0.6) is 0 Å². The predicted molar refractivity (Wildman–Crippen MR) is 47.0 cm³/mol. The second-order valence-electron chi connectivity index (χ2n) is 2.90. The van der Waals surface area contributed by atoms with Crippen LogP contribution in [0.1, 0.15) is 17.0 Å². The average molecular weight is 225 g/mol. The molecule has 1 aliphatic heterocycles. The Balaban J connectivity index is 0.000000980. The summed E-state index contributed by atoms with van der Waals surface area (Å²) >= 11 is 0. The SMILES string of the molecule is Cl.FC(F)(F)c1ccc2c(n1)CNC2. The third-order valence-electron chi connectivity index (χ3n) is 1.97. The van der Waals surface area contributed by atoms with E-state index in [-0.39, 0.29) is 12.4 Å². The highest BCUT2D eigenvalue weighted by Gasteiger charge is 2.33. The number of nitrogens with one attached hydrogen (secondary N) is 1. The van der Waals surface area contributed by atoms with Gasteiger partial charge in [0.05, 0.1) is 5.69 Å². The second kappa shape index (κ2) is 3.74. The summed E-state index contributed by atoms with van der Waals surface area (Å²) < 4.78 is 36.5. The molecule has 1 aromatic heterocycles. The van der Waals surface area contributed by atoms with E-state index in [1.807, 2.05) is 0 Å². The third kappa shape index (κ3) is 1.99. The Morgan fingerprint density at radius 3 is 2.57 bits per heavy atom. The van der Waals surface area contributed by atoms with Crippen molar-refractivity contribution < 1.29 is 13.2 Å². The van der Waals surface area contributed by atoms with Gasteiger partial charge in [-0.25, -0.2) is 4.98 Å². The summed E-state index contributed by atoms with van der Waals surface area (Å²) in [5.41, 5.74) is 0.553. The molecule has 14 heavy (non-hydrogen) atoms. The number of alkyl halides is 3. The molecular weight excluding hydrogens is 217 g/mol. The van der Waals surface area contributed by atoms with Gasteiger partial charge < -0.3 is 5.32 Å². The molecule has 0 bridgehead atoms. The van der Waals surface area contributed by atoms with Crippen LogP contribution in [0.3, 0.4) is 0 Å². The maximum Gasteiger partial charge on any atom is 0.433 e. The lowest BCUT2D eigenvalue weighted by Crippen LogP contribution is -2.09. The fourth-order valence-electron chi connectivity index (χ4n) is 1.32. The predicted octanol–water partition coefficient (Wildman–Crippen LogP) is 2.13. The zero-order chi connectivity index (χ0) is 9.47. The number of hydrogen-bond acceptors (Lipinski definition) is 2. The van der Waals surface area contributed by atoms with Crippen LogP contribution in [0, 0.1) is 0 Å². The Hall–Kier alpha value is -0.810. The van der Waals surface area contributed by atoms with Gasteiger partial charge in [0.2, 0.25) is 0 Å². The number of rotatable bonds is 0. The molecule has 0 aromatic carbocycles. The second-order valence-corrected chi connectivity index (χ2v) is 2.90. The molecule has 2 rings (SSSR count). The van der Waals surface area contributed by atoms with E-state index in [9.17, 15) is 13.2 Å². The van der Waals surface area contributed by atoms with Gasteiger partial charge in [0.15, 0.2) is 0 Å². The summed E-state index contributed by atoms with van der Waals surface area (Å²) in [7, 11) is 0. The van der Waals surface area contributed by atoms with Gasteiger partial charge in [-0.3, -0.25) is 0 Å². The van der Waals surface area contributed by atoms with Crippen molar-refractivity contribution in [3.63, 3.8) is 0 Å². The van der Waals surface area contributed by atoms with Gasteiger partial charge in [0.1, 0.15) is 5.69 Å². The molecule has 2 nitrogen and oxygen atoms in total. The molecule has 0 aliphatic carbocycles. The number of fused-ring (bicyclic) bond motifs is 1. The molecule has 0 saturated heterocycles. The molecule has 1 N–H and O–H groups in total. The summed E-state index contributed by atoms with van der Waals surface area (Å²) in [4.78, 5) is 3.54. The fraction of sp³-hybridized carbons (Fsp3) is 0.375. The van der Waals surface area contributed by atoms with E-state index in [0.29, 0.717) is 18.8 Å². The van der Waals surface area contributed by atoms with Gasteiger partial charge >= 0.3 is 6.18 Å². The van der Waals surface area contributed by atoms with Gasteiger partial charge in [-0.2, -0.15) is 13.2 Å². The molecule has 0 fully saturated rings. The molecule has 0 unspecified atom stereocenters. The quantitative estimate of drug-likeness (QED) is 0.730. The molecule has 1 aliphatic rings. The summed E-state index contributed by atoms with van der Waals surface area (Å²) in [6.07, 6.45) is -4.34. The first-order valence-electron chi connectivity index (χ1n) is 3.84. The van der Waals surface area contributed by atoms with Crippen molar-refractivity contribution in [3.8, 4) is 0 Å². The van der Waals surface area contributed by atoms with Crippen LogP contribution in [0.15, 0.2) is 12.1 Å². The van der Waals surface area contributed by atoms with E-state index in [1.165, 1.54) is 6.07 Å². The van der Waals surface area contributed by atoms with Crippen LogP contribution in [0.4, 0.5) is 13.2 Å². The summed E-state index contributed by atoms with van der Waals surface area (Å²) in [5, 5.41) is 2.94. The first kappa shape index (κ1) is 11.3. The van der Waals surface area contributed by atoms with E-state index in [2.05, 4.69) is 10.3 Å². The Labute approximate surface area is 84.9 Å². The zero-order valence-corrected chi connectivity index (χ0v) is 7.87. The lowest BCUT2D eigenvalue weighted by atomic mass is 10.2. The van der Waals surface area contributed by atoms with Crippen molar-refractivity contribution in [3.05, 3.63) is 29.1 Å². The first-order chi connectivity index (χ1) is 6.07. The minimum atomic E-state index is -4.34. The Kier molecular flexibility index (Phi) is 3.01. The van der Waals surface area contributed by atoms with Gasteiger partial charge in [-0.15, -0.1) is 12.4 Å². The van der Waals surface area contributed by atoms with Gasteiger partial charge in [0.25, 0.3) is 0 Å². The molecule has 0 radical (unpaired) electrons. The summed E-state index contributed by atoms with van der Waals surface area (Å²) in [6, 6.07) is 2.50. The van der Waals surface area contributed by atoms with Gasteiger partial charge in [-0.1, -0.05) is 6.07 Å². The van der Waals surface area contributed by atoms with E-state index < -0.39 is 11.9 Å². The van der Waals surface area contributed by atoms with E-state index in [4.69, 9.17) is 0 Å². The summed E-state index contributed by atoms with van der Waals surface area (Å²) in [5.74, 6) is 0. The number of pyridine rings is 1. The van der Waals surface area contributed by atoms with Gasteiger partial charge in [-0.05, 0) is 11.6 Å². The maximum atomic E-state index is 12.2. The highest BCUT2D eigenvalue weighted by Crippen LogP contribution is 2.28. The minimum Gasteiger partial charge on any atom is -0.307 e. The lowest BCUT2D eigenvalue weighted by molar-refractivity contribution is -0.141. The first-order valence-corrected chi connectivity index (χ1v) is 3.84. The molecule has 2 heterocycles. The smallest absolute Gasteiger partial charge is 0.307 e. The van der Waals surface area contributed by atoms with Crippen molar-refractivity contribution >= 4 is 12.4 Å². The third-order valence-corrected chi connectivity index (χ3v) is 1.97. The van der Waals surface area contributed by atoms with Crippen molar-refractivity contribution in [2.75, 3.05) is 0 Å².